The summed E-state index contributed by atoms with van der Waals surface area (Å²) in [4.78, 5) is 14.9. The first-order valence-corrected chi connectivity index (χ1v) is 17.0. The Morgan fingerprint density at radius 3 is 1.54 bits per heavy atom. The van der Waals surface area contributed by atoms with Gasteiger partial charge in [-0.2, -0.15) is 0 Å². The van der Waals surface area contributed by atoms with Crippen LogP contribution in [0.5, 0.6) is 0 Å². The standard InChI is InChI=1S/C43H35N3/c1-3-10-29(11-4-1)40-44-41(30-12-5-2-6-13-30)46-42(45-40)33-15-9-14-31(25-33)32-18-19-39-37(26-32)36-16-7-8-17-38(36)43(39)34-21-27-20-28(23-34)24-35(43)22-27/h1-19,25-28,34-35H,20-24H2. The van der Waals surface area contributed by atoms with Crippen molar-refractivity contribution in [2.45, 2.75) is 37.5 Å². The van der Waals surface area contributed by atoms with E-state index in [4.69, 9.17) is 15.0 Å². The van der Waals surface area contributed by atoms with Gasteiger partial charge in [0.05, 0.1) is 0 Å². The Morgan fingerprint density at radius 2 is 0.891 bits per heavy atom. The molecule has 1 heterocycles. The normalized spacial score (nSPS) is 25.0. The van der Waals surface area contributed by atoms with E-state index in [0.717, 1.165) is 40.4 Å². The smallest absolute Gasteiger partial charge is 0.164 e. The molecule has 0 radical (unpaired) electrons. The molecule has 3 nitrogen and oxygen atoms in total. The fourth-order valence-corrected chi connectivity index (χ4v) is 10.1. The summed E-state index contributed by atoms with van der Waals surface area (Å²) in [5.74, 6) is 5.52. The van der Waals surface area contributed by atoms with Crippen molar-refractivity contribution >= 4 is 0 Å². The third-order valence-corrected chi connectivity index (χ3v) is 11.7. The number of hydrogen-bond donors (Lipinski definition) is 0. The van der Waals surface area contributed by atoms with Crippen LogP contribution >= 0.6 is 0 Å². The summed E-state index contributed by atoms with van der Waals surface area (Å²) in [6.07, 6.45) is 7.12. The number of rotatable bonds is 4. The molecular weight excluding hydrogens is 558 g/mol. The lowest BCUT2D eigenvalue weighted by Crippen LogP contribution is -2.55. The number of benzene rings is 5. The van der Waals surface area contributed by atoms with Crippen LogP contribution in [0.3, 0.4) is 0 Å². The fourth-order valence-electron chi connectivity index (χ4n) is 10.1. The lowest BCUT2D eigenvalue weighted by molar-refractivity contribution is -0.0399. The summed E-state index contributed by atoms with van der Waals surface area (Å²) in [6, 6.07) is 45.9. The van der Waals surface area contributed by atoms with Gasteiger partial charge in [-0.3, -0.25) is 0 Å². The van der Waals surface area contributed by atoms with Gasteiger partial charge in [0.25, 0.3) is 0 Å². The Hall–Kier alpha value is -4.89. The van der Waals surface area contributed by atoms with Gasteiger partial charge in [0.15, 0.2) is 17.5 Å². The molecule has 6 aromatic rings. The molecule has 4 bridgehead atoms. The predicted molar refractivity (Wildman–Crippen MR) is 185 cm³/mol. The van der Waals surface area contributed by atoms with Crippen LogP contribution in [-0.4, -0.2) is 15.0 Å². The Bertz CT molecular complexity index is 2030. The second-order valence-electron chi connectivity index (χ2n) is 14.1. The summed E-state index contributed by atoms with van der Waals surface area (Å²) >= 11 is 0. The number of aromatic nitrogens is 3. The zero-order chi connectivity index (χ0) is 30.2. The molecule has 0 atom stereocenters. The molecule has 11 rings (SSSR count). The Kier molecular flexibility index (Phi) is 5.76. The second kappa shape index (κ2) is 10.1. The van der Waals surface area contributed by atoms with Crippen LogP contribution in [0.15, 0.2) is 127 Å². The van der Waals surface area contributed by atoms with Crippen molar-refractivity contribution in [2.24, 2.45) is 23.7 Å². The van der Waals surface area contributed by atoms with Crippen molar-refractivity contribution in [3.8, 4) is 56.4 Å². The number of hydrogen-bond acceptors (Lipinski definition) is 3. The quantitative estimate of drug-likeness (QED) is 0.204. The van der Waals surface area contributed by atoms with Crippen LogP contribution in [0, 0.1) is 23.7 Å². The zero-order valence-electron chi connectivity index (χ0n) is 25.8. The zero-order valence-corrected chi connectivity index (χ0v) is 25.8. The molecule has 46 heavy (non-hydrogen) atoms. The van der Waals surface area contributed by atoms with Gasteiger partial charge in [-0.1, -0.05) is 115 Å². The summed E-state index contributed by atoms with van der Waals surface area (Å²) in [7, 11) is 0. The topological polar surface area (TPSA) is 38.7 Å². The first kappa shape index (κ1) is 26.3. The van der Waals surface area contributed by atoms with E-state index in [0.29, 0.717) is 17.5 Å². The van der Waals surface area contributed by atoms with E-state index >= 15 is 0 Å². The highest BCUT2D eigenvalue weighted by Gasteiger charge is 2.61. The highest BCUT2D eigenvalue weighted by atomic mass is 15.0. The van der Waals surface area contributed by atoms with Crippen molar-refractivity contribution in [3.63, 3.8) is 0 Å². The van der Waals surface area contributed by atoms with Crippen LogP contribution in [-0.2, 0) is 5.41 Å². The minimum Gasteiger partial charge on any atom is -0.208 e. The first-order chi connectivity index (χ1) is 22.7. The molecule has 222 valence electrons. The Balaban J connectivity index is 1.09. The molecule has 5 aliphatic carbocycles. The van der Waals surface area contributed by atoms with Crippen LogP contribution in [0.25, 0.3) is 56.4 Å². The maximum atomic E-state index is 5.00. The molecule has 0 saturated heterocycles. The summed E-state index contributed by atoms with van der Waals surface area (Å²) < 4.78 is 0. The molecule has 3 heteroatoms. The molecule has 0 aliphatic heterocycles. The third kappa shape index (κ3) is 3.87. The van der Waals surface area contributed by atoms with Crippen molar-refractivity contribution in [3.05, 3.63) is 139 Å². The summed E-state index contributed by atoms with van der Waals surface area (Å²) in [5, 5.41) is 0. The van der Waals surface area contributed by atoms with Crippen molar-refractivity contribution in [1.29, 1.82) is 0 Å². The molecule has 1 aromatic heterocycles. The molecule has 0 unspecified atom stereocenters. The summed E-state index contributed by atoms with van der Waals surface area (Å²) in [6.45, 7) is 0. The van der Waals surface area contributed by atoms with Crippen LogP contribution in [0.1, 0.15) is 43.2 Å². The van der Waals surface area contributed by atoms with Crippen molar-refractivity contribution in [2.75, 3.05) is 0 Å². The summed E-state index contributed by atoms with van der Waals surface area (Å²) in [5.41, 5.74) is 11.7. The van der Waals surface area contributed by atoms with Crippen LogP contribution in [0.4, 0.5) is 0 Å². The maximum absolute atomic E-state index is 5.00. The SMILES string of the molecule is c1ccc(-c2nc(-c3ccccc3)nc(-c3cccc(-c4ccc5c(c4)-c4ccccc4C54C5CC6CC(C5)CC4C6)c3)n2)cc1. The van der Waals surface area contributed by atoms with Crippen molar-refractivity contribution < 1.29 is 0 Å². The average Bonchev–Trinajstić information content (AvgIpc) is 3.41. The monoisotopic (exact) mass is 593 g/mol. The number of nitrogens with zero attached hydrogens (tertiary/aromatic N) is 3. The van der Waals surface area contributed by atoms with Gasteiger partial charge in [-0.05, 0) is 101 Å². The Labute approximate surface area is 270 Å². The average molecular weight is 594 g/mol. The van der Waals surface area contributed by atoms with Crippen LogP contribution in [0.2, 0.25) is 0 Å². The van der Waals surface area contributed by atoms with Crippen LogP contribution < -0.4 is 0 Å². The minimum absolute atomic E-state index is 0.201. The highest BCUT2D eigenvalue weighted by molar-refractivity contribution is 5.86. The van der Waals surface area contributed by atoms with Gasteiger partial charge < -0.3 is 0 Å². The Morgan fingerprint density at radius 1 is 0.391 bits per heavy atom. The largest absolute Gasteiger partial charge is 0.208 e. The van der Waals surface area contributed by atoms with Gasteiger partial charge >= 0.3 is 0 Å². The molecule has 4 saturated carbocycles. The van der Waals surface area contributed by atoms with Gasteiger partial charge in [0.2, 0.25) is 0 Å². The van der Waals surface area contributed by atoms with E-state index in [9.17, 15) is 0 Å². The third-order valence-electron chi connectivity index (χ3n) is 11.7. The first-order valence-electron chi connectivity index (χ1n) is 17.0. The lowest BCUT2D eigenvalue weighted by Gasteiger charge is -2.61. The maximum Gasteiger partial charge on any atom is 0.164 e. The lowest BCUT2D eigenvalue weighted by atomic mass is 9.43. The molecular formula is C43H35N3. The number of fused-ring (bicyclic) bond motifs is 3. The van der Waals surface area contributed by atoms with E-state index in [1.807, 2.05) is 36.4 Å². The fraction of sp³-hybridized carbons (Fsp3) is 0.233. The van der Waals surface area contributed by atoms with E-state index in [1.165, 1.54) is 54.4 Å². The van der Waals surface area contributed by atoms with E-state index in [2.05, 4.69) is 91.0 Å². The molecule has 1 spiro atoms. The molecule has 4 fully saturated rings. The van der Waals surface area contributed by atoms with E-state index < -0.39 is 0 Å². The van der Waals surface area contributed by atoms with Gasteiger partial charge in [0, 0.05) is 22.1 Å². The van der Waals surface area contributed by atoms with E-state index in [1.54, 1.807) is 11.1 Å². The van der Waals surface area contributed by atoms with Gasteiger partial charge in [-0.15, -0.1) is 0 Å². The molecule has 5 aliphatic rings. The highest BCUT2D eigenvalue weighted by Crippen LogP contribution is 2.69. The predicted octanol–water partition coefficient (Wildman–Crippen LogP) is 10.3. The molecule has 0 amide bonds. The van der Waals surface area contributed by atoms with Gasteiger partial charge in [-0.25, -0.2) is 15.0 Å². The van der Waals surface area contributed by atoms with Gasteiger partial charge in [0.1, 0.15) is 0 Å². The second-order valence-corrected chi connectivity index (χ2v) is 14.1. The molecule has 0 N–H and O–H groups in total. The minimum atomic E-state index is 0.201. The molecule has 5 aromatic carbocycles. The van der Waals surface area contributed by atoms with Crippen molar-refractivity contribution in [1.82, 2.24) is 15.0 Å². The van der Waals surface area contributed by atoms with E-state index in [-0.39, 0.29) is 5.41 Å².